The summed E-state index contributed by atoms with van der Waals surface area (Å²) in [5, 5.41) is 63.2. The average molecular weight is 893 g/mol. The Labute approximate surface area is 404 Å². The van der Waals surface area contributed by atoms with Gasteiger partial charge in [0, 0.05) is 0 Å². The number of hydrogen-bond acceptors (Lipinski definition) is 0. The molecule has 0 bridgehead atoms. The first kappa shape index (κ1) is 33.2. The first-order valence-corrected chi connectivity index (χ1v) is 25.8. The number of fused-ring (bicyclic) bond motifs is 54. The standard InChI is InChI=1S/C72H28/c1-3-7-31-29(5-1)33-9-11-35-55(53(31)33)37-13-15-39-59(57(35)37)41-17-19-43-63(61(39)41)45-21-23-47-67(65(43)45)49-25-27-51-71(69(47)49)52-28-26-50-68-48(70(50)72(51)52)24-22-46-64-44(66(46)68)20-18-42-60-40(62(42)64)16-14-38-56-36(58(38)60)12-10-34-30-6-2-4-8-32(30)54(34)56/h1-28H. The van der Waals surface area contributed by atoms with Gasteiger partial charge in [0.2, 0.25) is 0 Å². The molecule has 0 spiro atoms. The van der Waals surface area contributed by atoms with Crippen LogP contribution in [0.15, 0.2) is 170 Å². The van der Waals surface area contributed by atoms with Crippen molar-refractivity contribution in [2.75, 3.05) is 0 Å². The molecule has 0 aliphatic heterocycles. The maximum Gasteiger partial charge on any atom is -0.00134 e. The van der Waals surface area contributed by atoms with Crippen LogP contribution in [0.2, 0.25) is 0 Å². The van der Waals surface area contributed by atoms with E-state index in [4.69, 9.17) is 0 Å². The molecule has 0 nitrogen and oxygen atoms in total. The Balaban J connectivity index is 0.668. The van der Waals surface area contributed by atoms with Crippen LogP contribution in [0, 0.1) is 0 Å². The van der Waals surface area contributed by atoms with Gasteiger partial charge in [0.1, 0.15) is 0 Å². The third kappa shape index (κ3) is 2.94. The third-order valence-corrected chi connectivity index (χ3v) is 19.9. The normalized spacial score (nSPS) is 14.1. The van der Waals surface area contributed by atoms with Crippen molar-refractivity contribution >= 4 is 237 Å². The van der Waals surface area contributed by atoms with E-state index >= 15 is 0 Å². The van der Waals surface area contributed by atoms with E-state index in [1.165, 1.54) is 237 Å². The second-order valence-corrected chi connectivity index (χ2v) is 22.2. The molecule has 23 aromatic carbocycles. The summed E-state index contributed by atoms with van der Waals surface area (Å²) in [5.41, 5.74) is 0. The van der Waals surface area contributed by atoms with E-state index in [0.717, 1.165) is 0 Å². The molecule has 23 aromatic rings. The van der Waals surface area contributed by atoms with Gasteiger partial charge in [-0.3, -0.25) is 0 Å². The van der Waals surface area contributed by atoms with Gasteiger partial charge in [-0.1, -0.05) is 170 Å². The number of hydrogen-bond donors (Lipinski definition) is 0. The molecule has 0 atom stereocenters. The summed E-state index contributed by atoms with van der Waals surface area (Å²) in [5.74, 6) is 0. The monoisotopic (exact) mass is 892 g/mol. The molecule has 0 N–H and O–H groups in total. The first-order chi connectivity index (χ1) is 35.8. The largest absolute Gasteiger partial charge is 0.0616 e. The van der Waals surface area contributed by atoms with Crippen LogP contribution in [0.3, 0.4) is 0 Å². The highest BCUT2D eigenvalue weighted by molar-refractivity contribution is 6.59. The van der Waals surface area contributed by atoms with Gasteiger partial charge in [-0.05, 0) is 237 Å². The summed E-state index contributed by atoms with van der Waals surface area (Å²) in [6.07, 6.45) is 0. The second-order valence-electron chi connectivity index (χ2n) is 22.2. The molecule has 72 heavy (non-hydrogen) atoms. The van der Waals surface area contributed by atoms with Gasteiger partial charge in [-0.15, -0.1) is 0 Å². The highest BCUT2D eigenvalue weighted by Crippen LogP contribution is 2.61. The molecule has 0 radical (unpaired) electrons. The van der Waals surface area contributed by atoms with Crippen molar-refractivity contribution in [1.82, 2.24) is 0 Å². The Morgan fingerprint density at radius 3 is 0.333 bits per heavy atom. The Morgan fingerprint density at radius 1 is 0.0833 bits per heavy atom. The van der Waals surface area contributed by atoms with Gasteiger partial charge in [-0.2, -0.15) is 0 Å². The lowest BCUT2D eigenvalue weighted by molar-refractivity contribution is 1.81. The lowest BCUT2D eigenvalue weighted by Crippen LogP contribution is -1.99. The van der Waals surface area contributed by atoms with Crippen LogP contribution in [0.1, 0.15) is 0 Å². The van der Waals surface area contributed by atoms with Gasteiger partial charge in [0.05, 0.1) is 0 Å². The van der Waals surface area contributed by atoms with Crippen molar-refractivity contribution in [2.45, 2.75) is 0 Å². The zero-order valence-electron chi connectivity index (χ0n) is 38.2. The summed E-state index contributed by atoms with van der Waals surface area (Å²) in [7, 11) is 0. The predicted octanol–water partition coefficient (Wildman–Crippen LogP) is 20.9. The zero-order chi connectivity index (χ0) is 45.2. The third-order valence-electron chi connectivity index (χ3n) is 19.9. The molecule has 0 unspecified atom stereocenters. The Hall–Kier alpha value is -9.36. The van der Waals surface area contributed by atoms with Gasteiger partial charge < -0.3 is 0 Å². The molecule has 316 valence electrons. The maximum absolute atomic E-state index is 2.44. The molecule has 23 rings (SSSR count). The van der Waals surface area contributed by atoms with Gasteiger partial charge >= 0.3 is 0 Å². The molecule has 0 fully saturated rings. The molecule has 0 saturated carbocycles. The van der Waals surface area contributed by atoms with E-state index in [1.807, 2.05) is 0 Å². The maximum atomic E-state index is 2.44. The van der Waals surface area contributed by atoms with Crippen LogP contribution in [0.5, 0.6) is 0 Å². The van der Waals surface area contributed by atoms with E-state index in [1.54, 1.807) is 0 Å². The van der Waals surface area contributed by atoms with Crippen molar-refractivity contribution < 1.29 is 0 Å². The fourth-order valence-corrected chi connectivity index (χ4v) is 17.0. The van der Waals surface area contributed by atoms with Crippen molar-refractivity contribution in [3.63, 3.8) is 0 Å². The molecule has 0 heterocycles. The summed E-state index contributed by atoms with van der Waals surface area (Å²) in [6.45, 7) is 0. The molecular weight excluding hydrogens is 865 g/mol. The molecule has 0 amide bonds. The fraction of sp³-hybridized carbons (Fsp3) is 0. The highest BCUT2D eigenvalue weighted by atomic mass is 14.3. The molecule has 0 saturated heterocycles. The van der Waals surface area contributed by atoms with E-state index in [-0.39, 0.29) is 0 Å². The summed E-state index contributed by atoms with van der Waals surface area (Å²) in [4.78, 5) is 0. The SMILES string of the molecule is c1ccc2c(c1)c1ccc3c(c4ccc5c(c6ccc7c(c8ccc9c(c%10ccc%11c(c%12ccc%13c%14c(ccc%15c%16c(ccc%17c%18c(ccc%19c%20c(ccc%21c%22ccccc%22c%21%20)c%19%18)c%17%16)c%15%14)c%13c%11%12)c9%10)c78)c56)c34)c21. The molecule has 0 heteroatoms. The van der Waals surface area contributed by atoms with Crippen molar-refractivity contribution in [1.29, 1.82) is 0 Å². The Bertz CT molecular complexity index is 5880. The van der Waals surface area contributed by atoms with Crippen LogP contribution in [-0.4, -0.2) is 0 Å². The van der Waals surface area contributed by atoms with Crippen LogP contribution < -0.4 is 0 Å². The minimum absolute atomic E-state index is 1.39. The van der Waals surface area contributed by atoms with Gasteiger partial charge in [0.25, 0.3) is 0 Å². The van der Waals surface area contributed by atoms with E-state index < -0.39 is 0 Å². The zero-order valence-corrected chi connectivity index (χ0v) is 38.2. The average Bonchev–Trinajstić information content (AvgIpc) is 3.41. The Morgan fingerprint density at radius 2 is 0.181 bits per heavy atom. The van der Waals surface area contributed by atoms with E-state index in [9.17, 15) is 0 Å². The van der Waals surface area contributed by atoms with Crippen molar-refractivity contribution in [3.05, 3.63) is 170 Å². The number of rotatable bonds is 0. The van der Waals surface area contributed by atoms with Crippen molar-refractivity contribution in [2.24, 2.45) is 0 Å². The van der Waals surface area contributed by atoms with E-state index in [2.05, 4.69) is 170 Å². The number of benzene rings is 12. The molecule has 0 aliphatic carbocycles. The quantitative estimate of drug-likeness (QED) is 0.142. The summed E-state index contributed by atoms with van der Waals surface area (Å²) >= 11 is 0. The van der Waals surface area contributed by atoms with Crippen LogP contribution >= 0.6 is 0 Å². The summed E-state index contributed by atoms with van der Waals surface area (Å²) in [6, 6.07) is 66.1. The first-order valence-electron chi connectivity index (χ1n) is 25.8. The van der Waals surface area contributed by atoms with Crippen molar-refractivity contribution in [3.8, 4) is 0 Å². The fourth-order valence-electron chi connectivity index (χ4n) is 17.0. The van der Waals surface area contributed by atoms with Gasteiger partial charge in [0.15, 0.2) is 0 Å². The smallest absolute Gasteiger partial charge is 0.00134 e. The lowest BCUT2D eigenvalue weighted by atomic mass is 9.74. The predicted molar refractivity (Wildman–Crippen MR) is 315 cm³/mol. The van der Waals surface area contributed by atoms with Gasteiger partial charge in [-0.25, -0.2) is 0 Å². The highest BCUT2D eigenvalue weighted by Gasteiger charge is 2.32. The Kier molecular flexibility index (Phi) is 4.61. The minimum atomic E-state index is 1.39. The summed E-state index contributed by atoms with van der Waals surface area (Å²) < 4.78 is 0. The molecule has 0 aromatic heterocycles. The topological polar surface area (TPSA) is 0 Å². The lowest BCUT2D eigenvalue weighted by Gasteiger charge is -2.28. The molecular formula is C72H28. The minimum Gasteiger partial charge on any atom is -0.0616 e. The van der Waals surface area contributed by atoms with Crippen LogP contribution in [0.25, 0.3) is 237 Å². The van der Waals surface area contributed by atoms with Crippen LogP contribution in [0.4, 0.5) is 0 Å². The second kappa shape index (κ2) is 9.99. The molecule has 0 aliphatic rings. The van der Waals surface area contributed by atoms with Crippen LogP contribution in [-0.2, 0) is 0 Å². The van der Waals surface area contributed by atoms with E-state index in [0.29, 0.717) is 0 Å².